The topological polar surface area (TPSA) is 108 Å². The van der Waals surface area contributed by atoms with Gasteiger partial charge in [-0.25, -0.2) is 8.42 Å². The van der Waals surface area contributed by atoms with Crippen molar-refractivity contribution in [1.82, 2.24) is 19.9 Å². The lowest BCUT2D eigenvalue weighted by Gasteiger charge is -2.32. The number of hydrogen-bond donors (Lipinski definition) is 2. The van der Waals surface area contributed by atoms with Crippen LogP contribution in [0.5, 0.6) is 0 Å². The number of carbonyl (C=O) groups excluding carboxylic acids is 2. The van der Waals surface area contributed by atoms with Crippen LogP contribution in [0.15, 0.2) is 59.8 Å². The maximum Gasteiger partial charge on any atom is 0.243 e. The first-order valence-corrected chi connectivity index (χ1v) is 12.2. The monoisotopic (exact) mass is 458 g/mol. The van der Waals surface area contributed by atoms with E-state index < -0.39 is 16.1 Å². The minimum absolute atomic E-state index is 0.0880. The summed E-state index contributed by atoms with van der Waals surface area (Å²) in [4.78, 5) is 29.8. The summed E-state index contributed by atoms with van der Waals surface area (Å²) < 4.78 is 27.0. The Hall–Kier alpha value is -2.78. The Balaban J connectivity index is 1.54. The van der Waals surface area contributed by atoms with Crippen molar-refractivity contribution in [3.8, 4) is 0 Å². The van der Waals surface area contributed by atoms with Crippen molar-refractivity contribution in [3.05, 3.63) is 60.4 Å². The zero-order valence-corrected chi connectivity index (χ0v) is 19.2. The van der Waals surface area contributed by atoms with Crippen molar-refractivity contribution in [3.63, 3.8) is 0 Å². The van der Waals surface area contributed by atoms with Gasteiger partial charge in [-0.1, -0.05) is 32.0 Å². The number of piperidine rings is 1. The quantitative estimate of drug-likeness (QED) is 0.628. The molecule has 32 heavy (non-hydrogen) atoms. The summed E-state index contributed by atoms with van der Waals surface area (Å²) >= 11 is 0. The maximum atomic E-state index is 12.9. The Morgan fingerprint density at radius 3 is 2.28 bits per heavy atom. The Kier molecular flexibility index (Phi) is 7.98. The molecule has 3 rings (SSSR count). The lowest BCUT2D eigenvalue weighted by molar-refractivity contribution is -0.132. The normalized spacial score (nSPS) is 16.5. The Bertz CT molecular complexity index is 1000. The molecule has 1 saturated heterocycles. The number of nitrogens with one attached hydrogen (secondary N) is 2. The number of sulfonamides is 1. The molecule has 1 aromatic carbocycles. The smallest absolute Gasteiger partial charge is 0.243 e. The minimum atomic E-state index is -3.56. The van der Waals surface area contributed by atoms with E-state index in [1.807, 2.05) is 26.0 Å². The van der Waals surface area contributed by atoms with Gasteiger partial charge in [0.25, 0.3) is 0 Å². The zero-order valence-electron chi connectivity index (χ0n) is 18.4. The van der Waals surface area contributed by atoms with E-state index in [2.05, 4.69) is 15.6 Å². The van der Waals surface area contributed by atoms with Crippen molar-refractivity contribution in [2.75, 3.05) is 13.1 Å². The van der Waals surface area contributed by atoms with Gasteiger partial charge in [0.15, 0.2) is 0 Å². The van der Waals surface area contributed by atoms with Crippen molar-refractivity contribution in [2.24, 2.45) is 11.8 Å². The van der Waals surface area contributed by atoms with Gasteiger partial charge in [0, 0.05) is 37.9 Å². The van der Waals surface area contributed by atoms with Gasteiger partial charge in [-0.2, -0.15) is 4.31 Å². The first kappa shape index (κ1) is 23.9. The van der Waals surface area contributed by atoms with Crippen molar-refractivity contribution >= 4 is 21.8 Å². The van der Waals surface area contributed by atoms with Gasteiger partial charge in [-0.15, -0.1) is 0 Å². The molecule has 2 N–H and O–H groups in total. The lowest BCUT2D eigenvalue weighted by Crippen LogP contribution is -2.52. The van der Waals surface area contributed by atoms with E-state index in [0.29, 0.717) is 19.4 Å². The van der Waals surface area contributed by atoms with Gasteiger partial charge < -0.3 is 10.6 Å². The highest BCUT2D eigenvalue weighted by molar-refractivity contribution is 7.89. The van der Waals surface area contributed by atoms with Gasteiger partial charge in [0.05, 0.1) is 4.90 Å². The van der Waals surface area contributed by atoms with Crippen LogP contribution in [0.1, 0.15) is 32.3 Å². The van der Waals surface area contributed by atoms with E-state index in [1.54, 1.807) is 42.7 Å². The van der Waals surface area contributed by atoms with Crippen LogP contribution in [-0.2, 0) is 26.2 Å². The van der Waals surface area contributed by atoms with E-state index in [0.717, 1.165) is 5.56 Å². The van der Waals surface area contributed by atoms with Crippen LogP contribution in [0, 0.1) is 11.8 Å². The van der Waals surface area contributed by atoms with Crippen LogP contribution in [0.2, 0.25) is 0 Å². The number of nitrogens with zero attached hydrogens (tertiary/aromatic N) is 2. The van der Waals surface area contributed by atoms with Crippen LogP contribution in [0.25, 0.3) is 0 Å². The van der Waals surface area contributed by atoms with Crippen molar-refractivity contribution in [2.45, 2.75) is 44.2 Å². The summed E-state index contributed by atoms with van der Waals surface area (Å²) in [6.45, 7) is 4.67. The highest BCUT2D eigenvalue weighted by atomic mass is 32.2. The summed E-state index contributed by atoms with van der Waals surface area (Å²) in [5.74, 6) is -0.866. The molecule has 0 spiro atoms. The lowest BCUT2D eigenvalue weighted by atomic mass is 9.95. The number of amides is 2. The maximum absolute atomic E-state index is 12.9. The largest absolute Gasteiger partial charge is 0.350 e. The first-order chi connectivity index (χ1) is 15.3. The van der Waals surface area contributed by atoms with Gasteiger partial charge in [-0.3, -0.25) is 14.6 Å². The molecule has 8 nitrogen and oxygen atoms in total. The van der Waals surface area contributed by atoms with Crippen LogP contribution in [-0.4, -0.2) is 48.7 Å². The average molecular weight is 459 g/mol. The molecular weight excluding hydrogens is 428 g/mol. The molecular formula is C23H30N4O4S. The highest BCUT2D eigenvalue weighted by Gasteiger charge is 2.34. The van der Waals surface area contributed by atoms with Crippen LogP contribution in [0.4, 0.5) is 0 Å². The van der Waals surface area contributed by atoms with Crippen LogP contribution in [0.3, 0.4) is 0 Å². The van der Waals surface area contributed by atoms with E-state index in [1.165, 1.54) is 4.31 Å². The fraction of sp³-hybridized carbons (Fsp3) is 0.435. The summed E-state index contributed by atoms with van der Waals surface area (Å²) in [6, 6.07) is 11.3. The molecule has 9 heteroatoms. The molecule has 0 saturated carbocycles. The number of rotatable bonds is 8. The molecule has 0 aliphatic carbocycles. The molecule has 1 aliphatic heterocycles. The van der Waals surface area contributed by atoms with Gasteiger partial charge in [-0.05, 0) is 48.6 Å². The summed E-state index contributed by atoms with van der Waals surface area (Å²) in [7, 11) is -3.56. The Labute approximate surface area is 189 Å². The van der Waals surface area contributed by atoms with Crippen molar-refractivity contribution in [1.29, 1.82) is 0 Å². The van der Waals surface area contributed by atoms with Crippen molar-refractivity contribution < 1.29 is 18.0 Å². The SMILES string of the molecule is CC(C)[C@H](NC(=O)C1CCN(S(=O)(=O)c2ccccc2)CC1)C(=O)NCc1ccncc1. The molecule has 0 bridgehead atoms. The third-order valence-electron chi connectivity index (χ3n) is 5.67. The number of benzene rings is 1. The molecule has 172 valence electrons. The zero-order chi connectivity index (χ0) is 23.1. The second-order valence-electron chi connectivity index (χ2n) is 8.29. The van der Waals surface area contributed by atoms with Crippen LogP contribution >= 0.6 is 0 Å². The third-order valence-corrected chi connectivity index (χ3v) is 7.58. The number of pyridine rings is 1. The molecule has 1 aromatic heterocycles. The number of carbonyl (C=O) groups is 2. The predicted molar refractivity (Wildman–Crippen MR) is 121 cm³/mol. The molecule has 1 atom stereocenters. The van der Waals surface area contributed by atoms with Crippen LogP contribution < -0.4 is 10.6 Å². The number of hydrogen-bond acceptors (Lipinski definition) is 5. The average Bonchev–Trinajstić information content (AvgIpc) is 2.82. The third kappa shape index (κ3) is 5.92. The van der Waals surface area contributed by atoms with Gasteiger partial charge >= 0.3 is 0 Å². The molecule has 1 aliphatic rings. The summed E-state index contributed by atoms with van der Waals surface area (Å²) in [5, 5.41) is 5.74. The summed E-state index contributed by atoms with van der Waals surface area (Å²) in [6.07, 6.45) is 4.16. The molecule has 0 unspecified atom stereocenters. The second kappa shape index (κ2) is 10.7. The molecule has 1 fully saturated rings. The standard InChI is InChI=1S/C23H30N4O4S/c1-17(2)21(23(29)25-16-18-8-12-24-13-9-18)26-22(28)19-10-14-27(15-11-19)32(30,31)20-6-4-3-5-7-20/h3-9,12-13,17,19,21H,10-11,14-16H2,1-2H3,(H,25,29)(H,26,28)/t21-/m0/s1. The van der Waals surface area contributed by atoms with Gasteiger partial charge in [0.2, 0.25) is 21.8 Å². The van der Waals surface area contributed by atoms with E-state index in [4.69, 9.17) is 0 Å². The molecule has 2 heterocycles. The molecule has 0 radical (unpaired) electrons. The first-order valence-electron chi connectivity index (χ1n) is 10.8. The van der Waals surface area contributed by atoms with E-state index in [9.17, 15) is 18.0 Å². The fourth-order valence-electron chi connectivity index (χ4n) is 3.71. The highest BCUT2D eigenvalue weighted by Crippen LogP contribution is 2.24. The summed E-state index contributed by atoms with van der Waals surface area (Å²) in [5.41, 5.74) is 0.925. The Morgan fingerprint density at radius 1 is 1.06 bits per heavy atom. The van der Waals surface area contributed by atoms with E-state index >= 15 is 0 Å². The number of aromatic nitrogens is 1. The minimum Gasteiger partial charge on any atom is -0.350 e. The Morgan fingerprint density at radius 2 is 1.69 bits per heavy atom. The fourth-order valence-corrected chi connectivity index (χ4v) is 5.20. The van der Waals surface area contributed by atoms with Gasteiger partial charge in [0.1, 0.15) is 6.04 Å². The molecule has 2 aromatic rings. The molecule has 2 amide bonds. The predicted octanol–water partition coefficient (Wildman–Crippen LogP) is 1.94. The second-order valence-corrected chi connectivity index (χ2v) is 10.2. The van der Waals surface area contributed by atoms with E-state index in [-0.39, 0.29) is 41.6 Å².